The molecule has 0 saturated carbocycles. The number of aromatic nitrogens is 1. The third-order valence-electron chi connectivity index (χ3n) is 5.07. The van der Waals surface area contributed by atoms with E-state index in [0.717, 1.165) is 27.9 Å². The minimum Gasteiger partial charge on any atom is -0.347 e. The smallest absolute Gasteiger partial charge is 0.347 e. The van der Waals surface area contributed by atoms with Crippen molar-refractivity contribution in [3.8, 4) is 0 Å². The highest BCUT2D eigenvalue weighted by molar-refractivity contribution is 7.17. The molecule has 0 saturated heterocycles. The molecule has 0 aliphatic heterocycles. The number of halogens is 3. The average molecular weight is 428 g/mol. The highest BCUT2D eigenvalue weighted by atomic mass is 32.1. The van der Waals surface area contributed by atoms with Crippen LogP contribution < -0.4 is 5.32 Å². The van der Waals surface area contributed by atoms with Crippen LogP contribution >= 0.6 is 11.3 Å². The molecule has 2 aromatic carbocycles. The van der Waals surface area contributed by atoms with E-state index < -0.39 is 11.7 Å². The number of rotatable bonds is 5. The highest BCUT2D eigenvalue weighted by Gasteiger charge is 2.30. The third-order valence-corrected chi connectivity index (χ3v) is 5.92. The zero-order chi connectivity index (χ0) is 21.3. The fourth-order valence-electron chi connectivity index (χ4n) is 3.55. The number of fused-ring (bicyclic) bond motifs is 1. The molecule has 154 valence electrons. The Labute approximate surface area is 175 Å². The first-order valence-electron chi connectivity index (χ1n) is 9.42. The highest BCUT2D eigenvalue weighted by Crippen LogP contribution is 2.32. The van der Waals surface area contributed by atoms with Crippen LogP contribution in [0.1, 0.15) is 40.1 Å². The fraction of sp³-hybridized carbons (Fsp3) is 0.174. The maximum absolute atomic E-state index is 13.0. The summed E-state index contributed by atoms with van der Waals surface area (Å²) < 4.78 is 41.7. The van der Waals surface area contributed by atoms with Crippen LogP contribution in [0.4, 0.5) is 13.2 Å². The van der Waals surface area contributed by atoms with Gasteiger partial charge in [-0.3, -0.25) is 4.79 Å². The van der Waals surface area contributed by atoms with Crippen molar-refractivity contribution >= 4 is 27.5 Å². The predicted octanol–water partition coefficient (Wildman–Crippen LogP) is 6.26. The molecule has 0 aliphatic rings. The summed E-state index contributed by atoms with van der Waals surface area (Å²) in [6, 6.07) is 18.6. The summed E-state index contributed by atoms with van der Waals surface area (Å²) in [4.78, 5) is 13.0. The summed E-state index contributed by atoms with van der Waals surface area (Å²) in [6.45, 7) is 2.04. The zero-order valence-corrected chi connectivity index (χ0v) is 16.9. The largest absolute Gasteiger partial charge is 0.416 e. The van der Waals surface area contributed by atoms with Crippen molar-refractivity contribution in [3.63, 3.8) is 0 Å². The fourth-order valence-corrected chi connectivity index (χ4v) is 4.36. The number of hydrogen-bond donors (Lipinski definition) is 1. The van der Waals surface area contributed by atoms with Crippen molar-refractivity contribution in [1.29, 1.82) is 0 Å². The second-order valence-corrected chi connectivity index (χ2v) is 7.98. The normalized spacial score (nSPS) is 12.8. The standard InChI is InChI=1S/C23H19F3N2OS/c1-15(17-7-3-2-4-8-17)28-19-10-11-30-21(19)13-20(28)22(29)27-14-16-6-5-9-18(12-16)23(24,25)26/h2-13,15H,14H2,1H3,(H,27,29)/t15-/m1/s1. The van der Waals surface area contributed by atoms with E-state index in [4.69, 9.17) is 0 Å². The Bertz CT molecular complexity index is 1180. The van der Waals surface area contributed by atoms with Gasteiger partial charge in [0.2, 0.25) is 0 Å². The average Bonchev–Trinajstić information content (AvgIpc) is 3.33. The van der Waals surface area contributed by atoms with Crippen LogP contribution in [0.2, 0.25) is 0 Å². The first-order valence-corrected chi connectivity index (χ1v) is 10.3. The van der Waals surface area contributed by atoms with E-state index in [-0.39, 0.29) is 18.5 Å². The Morgan fingerprint density at radius 1 is 1.07 bits per heavy atom. The maximum atomic E-state index is 13.0. The lowest BCUT2D eigenvalue weighted by molar-refractivity contribution is -0.137. The number of nitrogens with one attached hydrogen (secondary N) is 1. The minimum absolute atomic E-state index is 0.0152. The van der Waals surface area contributed by atoms with Gasteiger partial charge in [0.1, 0.15) is 5.69 Å². The molecule has 4 rings (SSSR count). The molecule has 0 unspecified atom stereocenters. The maximum Gasteiger partial charge on any atom is 0.416 e. The molecular weight excluding hydrogens is 409 g/mol. The molecule has 0 spiro atoms. The number of benzene rings is 2. The van der Waals surface area contributed by atoms with Gasteiger partial charge in [-0.1, -0.05) is 42.5 Å². The second kappa shape index (κ2) is 7.99. The lowest BCUT2D eigenvalue weighted by atomic mass is 10.1. The first kappa shape index (κ1) is 20.2. The summed E-state index contributed by atoms with van der Waals surface area (Å²) in [5, 5.41) is 4.74. The van der Waals surface area contributed by atoms with Crippen LogP contribution in [0.5, 0.6) is 0 Å². The predicted molar refractivity (Wildman–Crippen MR) is 113 cm³/mol. The van der Waals surface area contributed by atoms with Gasteiger partial charge in [-0.05, 0) is 47.7 Å². The van der Waals surface area contributed by atoms with Crippen LogP contribution in [0.3, 0.4) is 0 Å². The number of alkyl halides is 3. The van der Waals surface area contributed by atoms with E-state index in [1.165, 1.54) is 6.07 Å². The van der Waals surface area contributed by atoms with Gasteiger partial charge >= 0.3 is 6.18 Å². The van der Waals surface area contributed by atoms with Gasteiger partial charge < -0.3 is 9.88 Å². The second-order valence-electron chi connectivity index (χ2n) is 7.04. The molecule has 2 aromatic heterocycles. The summed E-state index contributed by atoms with van der Waals surface area (Å²) in [5.74, 6) is -0.321. The molecule has 1 atom stereocenters. The molecule has 0 aliphatic carbocycles. The van der Waals surface area contributed by atoms with Gasteiger partial charge in [0.15, 0.2) is 0 Å². The van der Waals surface area contributed by atoms with E-state index in [0.29, 0.717) is 11.3 Å². The monoisotopic (exact) mass is 428 g/mol. The first-order chi connectivity index (χ1) is 14.3. The Hall–Kier alpha value is -3.06. The Morgan fingerprint density at radius 2 is 1.83 bits per heavy atom. The number of hydrogen-bond acceptors (Lipinski definition) is 2. The Kier molecular flexibility index (Phi) is 5.39. The van der Waals surface area contributed by atoms with Crippen molar-refractivity contribution in [2.45, 2.75) is 25.7 Å². The van der Waals surface area contributed by atoms with E-state index in [9.17, 15) is 18.0 Å². The van der Waals surface area contributed by atoms with Crippen LogP contribution in [0.25, 0.3) is 10.2 Å². The quantitative estimate of drug-likeness (QED) is 0.400. The molecule has 3 nitrogen and oxygen atoms in total. The van der Waals surface area contributed by atoms with Crippen molar-refractivity contribution in [2.24, 2.45) is 0 Å². The SMILES string of the molecule is C[C@H](c1ccccc1)n1c(C(=O)NCc2cccc(C(F)(F)F)c2)cc2sccc21. The van der Waals surface area contributed by atoms with E-state index in [2.05, 4.69) is 5.32 Å². The Balaban J connectivity index is 1.61. The van der Waals surface area contributed by atoms with Crippen LogP contribution in [0.15, 0.2) is 72.1 Å². The molecule has 30 heavy (non-hydrogen) atoms. The van der Waals surface area contributed by atoms with Crippen molar-refractivity contribution < 1.29 is 18.0 Å². The molecule has 0 bridgehead atoms. The lowest BCUT2D eigenvalue weighted by Gasteiger charge is -2.19. The molecule has 7 heteroatoms. The summed E-state index contributed by atoms with van der Waals surface area (Å²) in [6.07, 6.45) is -4.41. The van der Waals surface area contributed by atoms with E-state index in [1.54, 1.807) is 17.4 Å². The number of thiophene rings is 1. The van der Waals surface area contributed by atoms with Gasteiger partial charge in [0.25, 0.3) is 5.91 Å². The van der Waals surface area contributed by atoms with Crippen molar-refractivity contribution in [2.75, 3.05) is 0 Å². The van der Waals surface area contributed by atoms with Crippen molar-refractivity contribution in [3.05, 3.63) is 94.5 Å². The zero-order valence-electron chi connectivity index (χ0n) is 16.1. The molecule has 0 fully saturated rings. The van der Waals surface area contributed by atoms with E-state index in [1.807, 2.05) is 59.3 Å². The van der Waals surface area contributed by atoms with Crippen molar-refractivity contribution in [1.82, 2.24) is 9.88 Å². The molecule has 0 radical (unpaired) electrons. The summed E-state index contributed by atoms with van der Waals surface area (Å²) in [7, 11) is 0. The van der Waals surface area contributed by atoms with Gasteiger partial charge in [-0.15, -0.1) is 11.3 Å². The van der Waals surface area contributed by atoms with Gasteiger partial charge in [0, 0.05) is 6.54 Å². The number of carbonyl (C=O) groups excluding carboxylic acids is 1. The van der Waals surface area contributed by atoms with Crippen LogP contribution in [0, 0.1) is 0 Å². The minimum atomic E-state index is -4.41. The molecule has 1 N–H and O–H groups in total. The third kappa shape index (κ3) is 3.98. The summed E-state index contributed by atoms with van der Waals surface area (Å²) in [5.41, 5.74) is 2.18. The van der Waals surface area contributed by atoms with Crippen LogP contribution in [-0.4, -0.2) is 10.5 Å². The van der Waals surface area contributed by atoms with E-state index >= 15 is 0 Å². The van der Waals surface area contributed by atoms with Gasteiger partial charge in [0.05, 0.1) is 21.8 Å². The number of amides is 1. The summed E-state index contributed by atoms with van der Waals surface area (Å²) >= 11 is 1.55. The lowest BCUT2D eigenvalue weighted by Crippen LogP contribution is -2.26. The molecule has 2 heterocycles. The number of nitrogens with zero attached hydrogens (tertiary/aromatic N) is 1. The molecular formula is C23H19F3N2OS. The van der Waals surface area contributed by atoms with Crippen LogP contribution in [-0.2, 0) is 12.7 Å². The van der Waals surface area contributed by atoms with Gasteiger partial charge in [-0.2, -0.15) is 13.2 Å². The molecule has 4 aromatic rings. The van der Waals surface area contributed by atoms with Gasteiger partial charge in [-0.25, -0.2) is 0 Å². The topological polar surface area (TPSA) is 34.0 Å². The Morgan fingerprint density at radius 3 is 2.57 bits per heavy atom. The number of carbonyl (C=O) groups is 1. The molecule has 1 amide bonds.